The van der Waals surface area contributed by atoms with E-state index in [-0.39, 0.29) is 35.1 Å². The highest BCUT2D eigenvalue weighted by molar-refractivity contribution is 14.0. The number of nitrogens with one attached hydrogen (secondary N) is 1. The lowest BCUT2D eigenvalue weighted by Gasteiger charge is -2.23. The maximum Gasteiger partial charge on any atom is 0.193 e. The van der Waals surface area contributed by atoms with Gasteiger partial charge >= 0.3 is 0 Å². The highest BCUT2D eigenvalue weighted by atomic mass is 127. The molecule has 1 aromatic heterocycles. The number of halogens is 1. The zero-order valence-electron chi connectivity index (χ0n) is 17.3. The second kappa shape index (κ2) is 9.58. The molecule has 2 rings (SSSR count). The Hall–Kier alpha value is -0.840. The fourth-order valence-electron chi connectivity index (χ4n) is 3.29. The van der Waals surface area contributed by atoms with Crippen molar-refractivity contribution >= 4 is 39.8 Å². The van der Waals surface area contributed by atoms with Crippen LogP contribution in [0.4, 0.5) is 0 Å². The summed E-state index contributed by atoms with van der Waals surface area (Å²) < 4.78 is 25.2. The first-order chi connectivity index (χ1) is 12.1. The molecule has 1 aliphatic rings. The minimum absolute atomic E-state index is 0. The minimum Gasteiger partial charge on any atom is -0.357 e. The number of aliphatic imine (C=N–C) groups is 1. The van der Waals surface area contributed by atoms with Gasteiger partial charge in [0.15, 0.2) is 5.96 Å². The summed E-state index contributed by atoms with van der Waals surface area (Å²) in [5, 5.41) is 7.89. The third-order valence-corrected chi connectivity index (χ3v) is 5.81. The van der Waals surface area contributed by atoms with E-state index in [2.05, 4.69) is 35.4 Å². The molecule has 0 aromatic carbocycles. The number of sulfone groups is 1. The van der Waals surface area contributed by atoms with E-state index >= 15 is 0 Å². The second-order valence-electron chi connectivity index (χ2n) is 7.96. The predicted molar refractivity (Wildman–Crippen MR) is 122 cm³/mol. The molecule has 1 saturated carbocycles. The number of nitrogens with zero attached hydrogens (tertiary/aromatic N) is 4. The molecule has 0 bridgehead atoms. The zero-order valence-corrected chi connectivity index (χ0v) is 20.5. The molecule has 0 radical (unpaired) electrons. The molecule has 0 aliphatic heterocycles. The molecule has 156 valence electrons. The molecular formula is C18H34IN5O2S. The molecule has 1 aliphatic carbocycles. The van der Waals surface area contributed by atoms with E-state index in [4.69, 9.17) is 4.99 Å². The highest BCUT2D eigenvalue weighted by Gasteiger charge is 2.45. The van der Waals surface area contributed by atoms with Crippen LogP contribution in [0.3, 0.4) is 0 Å². The van der Waals surface area contributed by atoms with Crippen molar-refractivity contribution in [2.24, 2.45) is 17.5 Å². The molecule has 1 N–H and O–H groups in total. The van der Waals surface area contributed by atoms with Crippen molar-refractivity contribution in [2.75, 3.05) is 32.1 Å². The Morgan fingerprint density at radius 2 is 2.07 bits per heavy atom. The number of hydrogen-bond donors (Lipinski definition) is 1. The third kappa shape index (κ3) is 7.24. The molecule has 1 fully saturated rings. The van der Waals surface area contributed by atoms with Gasteiger partial charge in [0.05, 0.1) is 11.4 Å². The van der Waals surface area contributed by atoms with Crippen LogP contribution in [0.1, 0.15) is 50.8 Å². The van der Waals surface area contributed by atoms with E-state index < -0.39 is 9.84 Å². The van der Waals surface area contributed by atoms with Crippen LogP contribution in [0.15, 0.2) is 11.2 Å². The fourth-order valence-corrected chi connectivity index (χ4v) is 4.78. The van der Waals surface area contributed by atoms with E-state index in [9.17, 15) is 8.42 Å². The molecule has 27 heavy (non-hydrogen) atoms. The van der Waals surface area contributed by atoms with Gasteiger partial charge in [-0.05, 0) is 25.7 Å². The van der Waals surface area contributed by atoms with Crippen molar-refractivity contribution in [3.8, 4) is 0 Å². The SMILES string of the molecule is CCNC(=NCC1(CS(C)(=O)=O)CC1)N(C)Cc1cn(C)nc1C(C)C.I. The largest absolute Gasteiger partial charge is 0.357 e. The first kappa shape index (κ1) is 24.2. The maximum atomic E-state index is 11.7. The lowest BCUT2D eigenvalue weighted by molar-refractivity contribution is 0.467. The molecule has 9 heteroatoms. The minimum atomic E-state index is -2.97. The summed E-state index contributed by atoms with van der Waals surface area (Å²) in [4.78, 5) is 6.84. The van der Waals surface area contributed by atoms with Crippen LogP contribution in [0.2, 0.25) is 0 Å². The van der Waals surface area contributed by atoms with Crippen molar-refractivity contribution in [3.63, 3.8) is 0 Å². The van der Waals surface area contributed by atoms with Crippen LogP contribution in [0.25, 0.3) is 0 Å². The molecule has 0 atom stereocenters. The lowest BCUT2D eigenvalue weighted by atomic mass is 10.1. The van der Waals surface area contributed by atoms with Crippen molar-refractivity contribution in [3.05, 3.63) is 17.5 Å². The summed E-state index contributed by atoms with van der Waals surface area (Å²) in [7, 11) is 0.975. The van der Waals surface area contributed by atoms with Crippen LogP contribution >= 0.6 is 24.0 Å². The smallest absolute Gasteiger partial charge is 0.193 e. The summed E-state index contributed by atoms with van der Waals surface area (Å²) in [5.74, 6) is 1.40. The topological polar surface area (TPSA) is 79.6 Å². The molecule has 1 heterocycles. The van der Waals surface area contributed by atoms with Gasteiger partial charge in [0.1, 0.15) is 9.84 Å². The van der Waals surface area contributed by atoms with Crippen molar-refractivity contribution in [2.45, 2.75) is 46.1 Å². The van der Waals surface area contributed by atoms with Crippen LogP contribution < -0.4 is 5.32 Å². The average Bonchev–Trinajstić information content (AvgIpc) is 3.15. The van der Waals surface area contributed by atoms with Gasteiger partial charge in [0, 0.05) is 57.2 Å². The van der Waals surface area contributed by atoms with Gasteiger partial charge in [-0.15, -0.1) is 24.0 Å². The van der Waals surface area contributed by atoms with E-state index in [0.717, 1.165) is 31.0 Å². The third-order valence-electron chi connectivity index (χ3n) is 4.68. The Balaban J connectivity index is 0.00000364. The van der Waals surface area contributed by atoms with E-state index in [1.54, 1.807) is 0 Å². The molecule has 1 aromatic rings. The normalized spacial score (nSPS) is 16.2. The standard InChI is InChI=1S/C18H33N5O2S.HI/c1-7-19-17(20-12-18(8-9-18)13-26(6,24)25)22(4)10-15-11-23(5)21-16(15)14(2)3;/h11,14H,7-10,12-13H2,1-6H3,(H,19,20);1H. The number of aromatic nitrogens is 2. The van der Waals surface area contributed by atoms with Gasteiger partial charge in [-0.25, -0.2) is 8.42 Å². The molecule has 0 spiro atoms. The predicted octanol–water partition coefficient (Wildman–Crippen LogP) is 2.38. The summed E-state index contributed by atoms with van der Waals surface area (Å²) >= 11 is 0. The van der Waals surface area contributed by atoms with Crippen molar-refractivity contribution < 1.29 is 8.42 Å². The Kier molecular flexibility index (Phi) is 8.58. The van der Waals surface area contributed by atoms with E-state index in [0.29, 0.717) is 19.0 Å². The number of aryl methyl sites for hydroxylation is 1. The van der Waals surface area contributed by atoms with E-state index in [1.165, 1.54) is 11.8 Å². The van der Waals surface area contributed by atoms with Gasteiger partial charge < -0.3 is 10.2 Å². The Morgan fingerprint density at radius 3 is 2.56 bits per heavy atom. The molecule has 7 nitrogen and oxygen atoms in total. The lowest BCUT2D eigenvalue weighted by Crippen LogP contribution is -2.39. The quantitative estimate of drug-likeness (QED) is 0.330. The van der Waals surface area contributed by atoms with Gasteiger partial charge in [0.2, 0.25) is 0 Å². The summed E-state index contributed by atoms with van der Waals surface area (Å²) in [6.07, 6.45) is 5.24. The van der Waals surface area contributed by atoms with Gasteiger partial charge in [-0.1, -0.05) is 13.8 Å². The number of hydrogen-bond acceptors (Lipinski definition) is 4. The molecular weight excluding hydrogens is 477 g/mol. The maximum absolute atomic E-state index is 11.7. The summed E-state index contributed by atoms with van der Waals surface area (Å²) in [6, 6.07) is 0. The Labute approximate surface area is 180 Å². The van der Waals surface area contributed by atoms with E-state index in [1.807, 2.05) is 25.7 Å². The number of rotatable bonds is 8. The van der Waals surface area contributed by atoms with Crippen LogP contribution in [0.5, 0.6) is 0 Å². The van der Waals surface area contributed by atoms with Gasteiger partial charge in [-0.2, -0.15) is 5.10 Å². The average molecular weight is 511 g/mol. The molecule has 0 amide bonds. The summed E-state index contributed by atoms with van der Waals surface area (Å²) in [5.41, 5.74) is 2.13. The highest BCUT2D eigenvalue weighted by Crippen LogP contribution is 2.46. The van der Waals surface area contributed by atoms with Gasteiger partial charge in [0.25, 0.3) is 0 Å². The zero-order chi connectivity index (χ0) is 19.5. The Morgan fingerprint density at radius 1 is 1.44 bits per heavy atom. The summed E-state index contributed by atoms with van der Waals surface area (Å²) in [6.45, 7) is 8.37. The second-order valence-corrected chi connectivity index (χ2v) is 10.1. The van der Waals surface area contributed by atoms with Crippen molar-refractivity contribution in [1.29, 1.82) is 0 Å². The van der Waals surface area contributed by atoms with Crippen LogP contribution in [-0.2, 0) is 23.4 Å². The first-order valence-corrected chi connectivity index (χ1v) is 11.3. The van der Waals surface area contributed by atoms with Crippen LogP contribution in [-0.4, -0.2) is 61.2 Å². The monoisotopic (exact) mass is 511 g/mol. The first-order valence-electron chi connectivity index (χ1n) is 9.25. The molecule has 0 unspecified atom stereocenters. The molecule has 0 saturated heterocycles. The van der Waals surface area contributed by atoms with Crippen LogP contribution in [0, 0.1) is 5.41 Å². The van der Waals surface area contributed by atoms with Crippen molar-refractivity contribution in [1.82, 2.24) is 20.0 Å². The van der Waals surface area contributed by atoms with Gasteiger partial charge in [-0.3, -0.25) is 9.67 Å². The number of guanidine groups is 1. The fraction of sp³-hybridized carbons (Fsp3) is 0.778. The Bertz CT molecular complexity index is 754.